The fourth-order valence-corrected chi connectivity index (χ4v) is 6.76. The van der Waals surface area contributed by atoms with Crippen LogP contribution in [-0.2, 0) is 9.75 Å². The predicted molar refractivity (Wildman–Crippen MR) is 162 cm³/mol. The summed E-state index contributed by atoms with van der Waals surface area (Å²) in [5.41, 5.74) is 4.06. The quantitative estimate of drug-likeness (QED) is 0.117. The van der Waals surface area contributed by atoms with Gasteiger partial charge in [0.05, 0.1) is 19.2 Å². The Balaban J connectivity index is 1.28. The lowest BCUT2D eigenvalue weighted by Gasteiger charge is -2.48. The minimum atomic E-state index is -0.0501. The molecule has 0 bridgehead atoms. The van der Waals surface area contributed by atoms with Crippen LogP contribution in [0.4, 0.5) is 0 Å². The second-order valence-corrected chi connectivity index (χ2v) is 12.6. The van der Waals surface area contributed by atoms with Crippen molar-refractivity contribution in [3.63, 3.8) is 0 Å². The monoisotopic (exact) mass is 554 g/mol. The van der Waals surface area contributed by atoms with Gasteiger partial charge in [0, 0.05) is 10.3 Å². The Morgan fingerprint density at radius 3 is 1.75 bits per heavy atom. The van der Waals surface area contributed by atoms with E-state index in [1.807, 2.05) is 55.5 Å². The zero-order valence-corrected chi connectivity index (χ0v) is 24.8. The number of hydrogen-bond donors (Lipinski definition) is 0. The van der Waals surface area contributed by atoms with E-state index in [0.717, 1.165) is 35.0 Å². The molecule has 0 aromatic heterocycles. The minimum absolute atomic E-state index is 0.0501. The van der Waals surface area contributed by atoms with Crippen LogP contribution in [-0.4, -0.2) is 7.11 Å². The minimum Gasteiger partial charge on any atom is -0.497 e. The van der Waals surface area contributed by atoms with E-state index >= 15 is 0 Å². The zero-order chi connectivity index (χ0) is 28.2. The molecule has 0 spiro atoms. The van der Waals surface area contributed by atoms with E-state index < -0.39 is 0 Å². The third-order valence-corrected chi connectivity index (χ3v) is 8.37. The zero-order valence-electron chi connectivity index (χ0n) is 24.0. The Kier molecular flexibility index (Phi) is 8.43. The van der Waals surface area contributed by atoms with Crippen LogP contribution in [0.15, 0.2) is 102 Å². The van der Waals surface area contributed by atoms with E-state index in [1.165, 1.54) is 35.2 Å². The van der Waals surface area contributed by atoms with Crippen LogP contribution in [0.3, 0.4) is 0 Å². The highest BCUT2D eigenvalue weighted by atomic mass is 32.2. The number of methoxy groups -OCH3 is 1. The molecule has 0 radical (unpaired) electrons. The van der Waals surface area contributed by atoms with E-state index in [4.69, 9.17) is 18.7 Å². The maximum absolute atomic E-state index is 6.19. The number of hydrogen-bond acceptors (Lipinski definition) is 5. The topological polar surface area (TPSA) is 36.9 Å². The molecule has 4 aromatic carbocycles. The molecular weight excluding hydrogens is 516 g/mol. The van der Waals surface area contributed by atoms with Crippen LogP contribution < -0.4 is 14.4 Å². The molecule has 1 saturated carbocycles. The summed E-state index contributed by atoms with van der Waals surface area (Å²) in [4.78, 5) is 6.27. The number of benzene rings is 4. The molecule has 5 rings (SSSR count). The second kappa shape index (κ2) is 12.0. The van der Waals surface area contributed by atoms with Gasteiger partial charge in [-0.25, -0.2) is 0 Å². The molecule has 0 saturated heterocycles. The second-order valence-electron chi connectivity index (χ2n) is 11.8. The van der Waals surface area contributed by atoms with E-state index in [9.17, 15) is 0 Å². The number of ether oxygens (including phenoxy) is 2. The molecule has 1 fully saturated rings. The van der Waals surface area contributed by atoms with E-state index in [1.54, 1.807) is 7.11 Å². The summed E-state index contributed by atoms with van der Waals surface area (Å²) in [6.45, 7) is 9.23. The Morgan fingerprint density at radius 1 is 0.675 bits per heavy atom. The Labute approximate surface area is 242 Å². The van der Waals surface area contributed by atoms with Crippen LogP contribution in [0.1, 0.15) is 56.7 Å². The largest absolute Gasteiger partial charge is 0.497 e. The average Bonchev–Trinajstić information content (AvgIpc) is 2.94. The fraction of sp³-hybridized carbons (Fsp3) is 0.314. The lowest BCUT2D eigenvalue weighted by atomic mass is 9.55. The highest BCUT2D eigenvalue weighted by Gasteiger charge is 2.45. The van der Waals surface area contributed by atoms with Gasteiger partial charge in [-0.15, -0.1) is 4.33 Å². The van der Waals surface area contributed by atoms with Gasteiger partial charge >= 0.3 is 0 Å². The van der Waals surface area contributed by atoms with Crippen molar-refractivity contribution in [2.24, 2.45) is 11.3 Å². The van der Waals surface area contributed by atoms with Crippen LogP contribution in [0.2, 0.25) is 0 Å². The molecule has 2 unspecified atom stereocenters. The number of aryl methyl sites for hydroxylation is 1. The predicted octanol–water partition coefficient (Wildman–Crippen LogP) is 9.95. The van der Waals surface area contributed by atoms with Gasteiger partial charge in [-0.1, -0.05) is 62.7 Å². The average molecular weight is 555 g/mol. The normalized spacial score (nSPS) is 20.1. The molecule has 4 nitrogen and oxygen atoms in total. The number of rotatable bonds is 9. The van der Waals surface area contributed by atoms with Crippen molar-refractivity contribution in [3.8, 4) is 23.0 Å². The third kappa shape index (κ3) is 6.65. The van der Waals surface area contributed by atoms with Crippen molar-refractivity contribution in [2.75, 3.05) is 7.11 Å². The Morgan fingerprint density at radius 2 is 1.20 bits per heavy atom. The molecule has 40 heavy (non-hydrogen) atoms. The molecule has 208 valence electrons. The van der Waals surface area contributed by atoms with Crippen molar-refractivity contribution in [3.05, 3.63) is 114 Å². The molecule has 0 N–H and O–H groups in total. The van der Waals surface area contributed by atoms with Gasteiger partial charge in [0.2, 0.25) is 0 Å². The third-order valence-electron chi connectivity index (χ3n) is 7.77. The first kappa shape index (κ1) is 28.1. The summed E-state index contributed by atoms with van der Waals surface area (Å²) in [5, 5.41) is 0. The highest BCUT2D eigenvalue weighted by molar-refractivity contribution is 7.94. The molecule has 2 atom stereocenters. The highest BCUT2D eigenvalue weighted by Crippen LogP contribution is 2.53. The van der Waals surface area contributed by atoms with Crippen molar-refractivity contribution < 1.29 is 18.7 Å². The van der Waals surface area contributed by atoms with Gasteiger partial charge < -0.3 is 14.4 Å². The van der Waals surface area contributed by atoms with E-state index in [2.05, 4.69) is 69.3 Å². The molecule has 1 aliphatic carbocycles. The van der Waals surface area contributed by atoms with Crippen LogP contribution in [0.5, 0.6) is 23.0 Å². The molecule has 1 aliphatic rings. The van der Waals surface area contributed by atoms with Crippen molar-refractivity contribution in [1.82, 2.24) is 0 Å². The SMILES string of the molecule is COc1ccc(C2(c3ccc(Oc4ccc(SOOc5ccc(C)cc5)cc4)cc3)CC(C)CC(C)(C)C2)cc1. The maximum atomic E-state index is 6.19. The maximum Gasteiger partial charge on any atom is 0.166 e. The van der Waals surface area contributed by atoms with Crippen LogP contribution >= 0.6 is 12.0 Å². The standard InChI is InChI=1S/C35H38O4S/c1-25-6-12-32(13-7-25)38-39-40-33-20-18-31(19-21-33)37-30-16-10-28(11-17-30)35(23-26(2)22-34(3,4)24-35)27-8-14-29(36-5)15-9-27/h6-21,26H,22-24H2,1-5H3. The van der Waals surface area contributed by atoms with Crippen molar-refractivity contribution in [1.29, 1.82) is 0 Å². The van der Waals surface area contributed by atoms with Gasteiger partial charge in [0.1, 0.15) is 17.2 Å². The summed E-state index contributed by atoms with van der Waals surface area (Å²) < 4.78 is 17.0. The molecule has 0 amide bonds. The van der Waals surface area contributed by atoms with Gasteiger partial charge in [-0.05, 0) is 109 Å². The molecule has 0 heterocycles. The smallest absolute Gasteiger partial charge is 0.166 e. The fourth-order valence-electron chi connectivity index (χ4n) is 6.32. The lowest BCUT2D eigenvalue weighted by molar-refractivity contribution is -0.0777. The van der Waals surface area contributed by atoms with Gasteiger partial charge in [0.15, 0.2) is 5.75 Å². The Hall–Kier alpha value is -3.41. The summed E-state index contributed by atoms with van der Waals surface area (Å²) in [7, 11) is 1.72. The van der Waals surface area contributed by atoms with E-state index in [-0.39, 0.29) is 10.8 Å². The first-order chi connectivity index (χ1) is 19.2. The summed E-state index contributed by atoms with van der Waals surface area (Å²) >= 11 is 1.17. The first-order valence-corrected chi connectivity index (χ1v) is 14.6. The molecule has 0 aliphatic heterocycles. The van der Waals surface area contributed by atoms with Crippen LogP contribution in [0, 0.1) is 18.3 Å². The molecular formula is C35H38O4S. The first-order valence-electron chi connectivity index (χ1n) is 13.9. The van der Waals surface area contributed by atoms with Gasteiger partial charge in [-0.3, -0.25) is 0 Å². The van der Waals surface area contributed by atoms with Gasteiger partial charge in [0.25, 0.3) is 0 Å². The lowest BCUT2D eigenvalue weighted by Crippen LogP contribution is -2.41. The van der Waals surface area contributed by atoms with Crippen molar-refractivity contribution >= 4 is 12.0 Å². The van der Waals surface area contributed by atoms with Crippen LogP contribution in [0.25, 0.3) is 0 Å². The summed E-state index contributed by atoms with van der Waals surface area (Å²) in [6, 6.07) is 32.8. The molecule has 4 aromatic rings. The summed E-state index contributed by atoms with van der Waals surface area (Å²) in [6.07, 6.45) is 3.47. The molecule has 5 heteroatoms. The van der Waals surface area contributed by atoms with Gasteiger partial charge in [-0.2, -0.15) is 0 Å². The van der Waals surface area contributed by atoms with Crippen molar-refractivity contribution in [2.45, 2.75) is 57.3 Å². The van der Waals surface area contributed by atoms with E-state index in [0.29, 0.717) is 11.7 Å². The summed E-state index contributed by atoms with van der Waals surface area (Å²) in [5.74, 6) is 3.77. The Bertz CT molecular complexity index is 1380.